The monoisotopic (exact) mass is 277 g/mol. The van der Waals surface area contributed by atoms with Crippen LogP contribution >= 0.6 is 0 Å². The zero-order valence-corrected chi connectivity index (χ0v) is 12.2. The molecule has 0 amide bonds. The summed E-state index contributed by atoms with van der Waals surface area (Å²) in [6, 6.07) is 7.50. The van der Waals surface area contributed by atoms with Gasteiger partial charge in [-0.1, -0.05) is 12.1 Å². The average molecular weight is 277 g/mol. The smallest absolute Gasteiger partial charge is 0.338 e. The lowest BCUT2D eigenvalue weighted by atomic mass is 10.0. The molecule has 0 radical (unpaired) electrons. The van der Waals surface area contributed by atoms with E-state index in [0.29, 0.717) is 12.1 Å². The molecule has 1 heterocycles. The minimum Gasteiger partial charge on any atom is -0.459 e. The van der Waals surface area contributed by atoms with Crippen molar-refractivity contribution < 1.29 is 14.3 Å². The van der Waals surface area contributed by atoms with Gasteiger partial charge in [-0.15, -0.1) is 0 Å². The zero-order chi connectivity index (χ0) is 14.5. The summed E-state index contributed by atoms with van der Waals surface area (Å²) in [6.07, 6.45) is 2.52. The van der Waals surface area contributed by atoms with Gasteiger partial charge >= 0.3 is 5.97 Å². The first-order valence-electron chi connectivity index (χ1n) is 7.24. The first-order chi connectivity index (χ1) is 9.58. The van der Waals surface area contributed by atoms with Crippen molar-refractivity contribution in [3.05, 3.63) is 35.4 Å². The van der Waals surface area contributed by atoms with Crippen LogP contribution < -0.4 is 5.73 Å². The van der Waals surface area contributed by atoms with E-state index in [4.69, 9.17) is 15.2 Å². The summed E-state index contributed by atoms with van der Waals surface area (Å²) in [4.78, 5) is 12.2. The van der Waals surface area contributed by atoms with Gasteiger partial charge in [-0.3, -0.25) is 0 Å². The van der Waals surface area contributed by atoms with Gasteiger partial charge in [-0.25, -0.2) is 4.79 Å². The first kappa shape index (κ1) is 15.0. The second-order valence-electron chi connectivity index (χ2n) is 5.50. The molecule has 0 spiro atoms. The number of rotatable bonds is 4. The second kappa shape index (κ2) is 6.86. The van der Waals surface area contributed by atoms with Gasteiger partial charge in [0, 0.05) is 12.8 Å². The first-order valence-corrected chi connectivity index (χ1v) is 7.24. The highest BCUT2D eigenvalue weighted by atomic mass is 16.6. The topological polar surface area (TPSA) is 61.5 Å². The third-order valence-corrected chi connectivity index (χ3v) is 3.52. The van der Waals surface area contributed by atoms with E-state index in [0.717, 1.165) is 24.8 Å². The summed E-state index contributed by atoms with van der Waals surface area (Å²) >= 11 is 0. The van der Waals surface area contributed by atoms with E-state index in [-0.39, 0.29) is 24.3 Å². The fraction of sp³-hybridized carbons (Fsp3) is 0.562. The molecule has 0 saturated carbocycles. The Labute approximate surface area is 120 Å². The van der Waals surface area contributed by atoms with Gasteiger partial charge in [-0.2, -0.15) is 0 Å². The van der Waals surface area contributed by atoms with Crippen LogP contribution in [0.2, 0.25) is 0 Å². The Hall–Kier alpha value is -1.39. The van der Waals surface area contributed by atoms with Gasteiger partial charge in [0.15, 0.2) is 0 Å². The molecular formula is C16H23NO3. The number of hydrogen-bond acceptors (Lipinski definition) is 4. The van der Waals surface area contributed by atoms with E-state index in [2.05, 4.69) is 0 Å². The largest absolute Gasteiger partial charge is 0.459 e. The maximum Gasteiger partial charge on any atom is 0.338 e. The van der Waals surface area contributed by atoms with Crippen LogP contribution in [0, 0.1) is 0 Å². The quantitative estimate of drug-likeness (QED) is 0.858. The van der Waals surface area contributed by atoms with Crippen molar-refractivity contribution in [1.29, 1.82) is 0 Å². The van der Waals surface area contributed by atoms with Crippen molar-refractivity contribution in [2.24, 2.45) is 5.73 Å². The molecule has 1 saturated heterocycles. The van der Waals surface area contributed by atoms with Gasteiger partial charge < -0.3 is 15.2 Å². The minimum absolute atomic E-state index is 0.0561. The van der Waals surface area contributed by atoms with Gasteiger partial charge in [0.05, 0.1) is 17.8 Å². The number of ether oxygens (including phenoxy) is 2. The van der Waals surface area contributed by atoms with Crippen LogP contribution in [0.3, 0.4) is 0 Å². The number of carbonyl (C=O) groups is 1. The van der Waals surface area contributed by atoms with Gasteiger partial charge in [0.1, 0.15) is 6.10 Å². The Morgan fingerprint density at radius 1 is 1.35 bits per heavy atom. The summed E-state index contributed by atoms with van der Waals surface area (Å²) in [5.74, 6) is -0.254. The van der Waals surface area contributed by atoms with Crippen molar-refractivity contribution >= 4 is 5.97 Å². The number of benzene rings is 1. The molecule has 1 fully saturated rings. The van der Waals surface area contributed by atoms with E-state index < -0.39 is 0 Å². The lowest BCUT2D eigenvalue weighted by Gasteiger charge is -2.31. The van der Waals surface area contributed by atoms with Crippen LogP contribution in [0.25, 0.3) is 0 Å². The van der Waals surface area contributed by atoms with E-state index >= 15 is 0 Å². The van der Waals surface area contributed by atoms with Gasteiger partial charge in [0.2, 0.25) is 0 Å². The van der Waals surface area contributed by atoms with E-state index in [1.165, 1.54) is 0 Å². The molecule has 4 heteroatoms. The third-order valence-electron chi connectivity index (χ3n) is 3.52. The summed E-state index contributed by atoms with van der Waals surface area (Å²) in [7, 11) is 0. The number of hydrogen-bond donors (Lipinski definition) is 1. The maximum atomic E-state index is 12.2. The predicted octanol–water partition coefficient (Wildman–Crippen LogP) is 2.30. The highest BCUT2D eigenvalue weighted by Gasteiger charge is 2.27. The molecule has 1 aromatic rings. The zero-order valence-electron chi connectivity index (χ0n) is 12.2. The summed E-state index contributed by atoms with van der Waals surface area (Å²) in [5, 5.41) is 0. The molecule has 0 aliphatic carbocycles. The number of esters is 1. The highest BCUT2D eigenvalue weighted by molar-refractivity contribution is 5.89. The molecule has 1 aromatic carbocycles. The van der Waals surface area contributed by atoms with Crippen LogP contribution in [-0.2, 0) is 15.9 Å². The Balaban J connectivity index is 1.99. The Kier molecular flexibility index (Phi) is 5.15. The van der Waals surface area contributed by atoms with Crippen molar-refractivity contribution in [2.75, 3.05) is 6.54 Å². The van der Waals surface area contributed by atoms with Crippen LogP contribution in [-0.4, -0.2) is 30.8 Å². The molecule has 20 heavy (non-hydrogen) atoms. The molecule has 2 unspecified atom stereocenters. The fourth-order valence-electron chi connectivity index (χ4n) is 2.68. The standard InChI is InChI=1S/C16H23NO3/c1-11-8-15(9-12(2)19-11)20-16(18)14-5-3-4-13(10-14)6-7-17/h3-5,10-12,15H,6-9,17H2,1-2H3. The molecule has 0 bridgehead atoms. The summed E-state index contributed by atoms with van der Waals surface area (Å²) in [5.41, 5.74) is 7.20. The van der Waals surface area contributed by atoms with E-state index in [9.17, 15) is 4.79 Å². The Morgan fingerprint density at radius 3 is 2.70 bits per heavy atom. The SMILES string of the molecule is CC1CC(OC(=O)c2cccc(CCN)c2)CC(C)O1. The van der Waals surface area contributed by atoms with Crippen molar-refractivity contribution in [3.8, 4) is 0 Å². The normalized spacial score (nSPS) is 26.2. The maximum absolute atomic E-state index is 12.2. The Morgan fingerprint density at radius 2 is 2.05 bits per heavy atom. The predicted molar refractivity (Wildman–Crippen MR) is 77.6 cm³/mol. The molecule has 2 N–H and O–H groups in total. The molecule has 4 nitrogen and oxygen atoms in total. The van der Waals surface area contributed by atoms with Crippen molar-refractivity contribution in [2.45, 2.75) is 51.4 Å². The van der Waals surface area contributed by atoms with Crippen molar-refractivity contribution in [1.82, 2.24) is 0 Å². The van der Waals surface area contributed by atoms with E-state index in [1.54, 1.807) is 6.07 Å². The van der Waals surface area contributed by atoms with Crippen molar-refractivity contribution in [3.63, 3.8) is 0 Å². The molecular weight excluding hydrogens is 254 g/mol. The molecule has 0 aromatic heterocycles. The summed E-state index contributed by atoms with van der Waals surface area (Å²) in [6.45, 7) is 4.60. The van der Waals surface area contributed by atoms with Crippen LogP contribution in [0.1, 0.15) is 42.6 Å². The van der Waals surface area contributed by atoms with Gasteiger partial charge in [-0.05, 0) is 44.5 Å². The lowest BCUT2D eigenvalue weighted by Crippen LogP contribution is -2.35. The number of nitrogens with two attached hydrogens (primary N) is 1. The highest BCUT2D eigenvalue weighted by Crippen LogP contribution is 2.22. The molecule has 2 rings (SSSR count). The minimum atomic E-state index is -0.254. The summed E-state index contributed by atoms with van der Waals surface area (Å²) < 4.78 is 11.3. The fourth-order valence-corrected chi connectivity index (χ4v) is 2.68. The molecule has 1 aliphatic heterocycles. The molecule has 1 aliphatic rings. The molecule has 110 valence electrons. The van der Waals surface area contributed by atoms with Crippen LogP contribution in [0.5, 0.6) is 0 Å². The van der Waals surface area contributed by atoms with Crippen LogP contribution in [0.4, 0.5) is 0 Å². The second-order valence-corrected chi connectivity index (χ2v) is 5.50. The lowest BCUT2D eigenvalue weighted by molar-refractivity contribution is -0.0855. The Bertz CT molecular complexity index is 451. The van der Waals surface area contributed by atoms with E-state index in [1.807, 2.05) is 32.0 Å². The third kappa shape index (κ3) is 4.05. The average Bonchev–Trinajstić information content (AvgIpc) is 2.38. The van der Waals surface area contributed by atoms with Crippen LogP contribution in [0.15, 0.2) is 24.3 Å². The molecule has 2 atom stereocenters. The van der Waals surface area contributed by atoms with Gasteiger partial charge in [0.25, 0.3) is 0 Å². The number of carbonyl (C=O) groups excluding carboxylic acids is 1.